The second-order valence-corrected chi connectivity index (χ2v) is 3.20. The van der Waals surface area contributed by atoms with Gasteiger partial charge in [0.2, 0.25) is 0 Å². The zero-order chi connectivity index (χ0) is 9.97. The maximum Gasteiger partial charge on any atom is 0.137 e. The van der Waals surface area contributed by atoms with Gasteiger partial charge >= 0.3 is 0 Å². The molecule has 70 valence electrons. The van der Waals surface area contributed by atoms with Gasteiger partial charge in [0.1, 0.15) is 5.65 Å². The van der Waals surface area contributed by atoms with Gasteiger partial charge in [0.15, 0.2) is 0 Å². The third-order valence-corrected chi connectivity index (χ3v) is 2.31. The molecule has 2 heterocycles. The smallest absolute Gasteiger partial charge is 0.137 e. The van der Waals surface area contributed by atoms with E-state index in [1.807, 2.05) is 18.3 Å². The van der Waals surface area contributed by atoms with E-state index in [0.717, 1.165) is 28.7 Å². The fourth-order valence-corrected chi connectivity index (χ4v) is 1.53. The molecular weight excluding hydrogens is 174 g/mol. The molecule has 1 N–H and O–H groups in total. The summed E-state index contributed by atoms with van der Waals surface area (Å²) in [4.78, 5) is 7.52. The van der Waals surface area contributed by atoms with Crippen LogP contribution in [-0.4, -0.2) is 9.97 Å². The predicted molar refractivity (Wildman–Crippen MR) is 54.8 cm³/mol. The molecule has 14 heavy (non-hydrogen) atoms. The third-order valence-electron chi connectivity index (χ3n) is 2.31. The van der Waals surface area contributed by atoms with Gasteiger partial charge < -0.3 is 4.98 Å². The van der Waals surface area contributed by atoms with E-state index in [4.69, 9.17) is 5.26 Å². The van der Waals surface area contributed by atoms with Gasteiger partial charge in [-0.25, -0.2) is 4.98 Å². The lowest BCUT2D eigenvalue weighted by Gasteiger charge is -1.96. The highest BCUT2D eigenvalue weighted by atomic mass is 14.8. The van der Waals surface area contributed by atoms with Crippen LogP contribution in [0.3, 0.4) is 0 Å². The minimum atomic E-state index is 0.438. The molecule has 3 nitrogen and oxygen atoms in total. The standard InChI is InChI=1S/C11H11N3/c1-2-9-3-4-10-8(5-6-12)7-13-11(10)14-9/h3-4,7H,2,5H2,1H3,(H,13,14). The number of fused-ring (bicyclic) bond motifs is 1. The summed E-state index contributed by atoms with van der Waals surface area (Å²) >= 11 is 0. The quantitative estimate of drug-likeness (QED) is 0.779. The van der Waals surface area contributed by atoms with Gasteiger partial charge in [0.25, 0.3) is 0 Å². The van der Waals surface area contributed by atoms with Gasteiger partial charge in [-0.15, -0.1) is 0 Å². The topological polar surface area (TPSA) is 52.5 Å². The van der Waals surface area contributed by atoms with E-state index in [2.05, 4.69) is 23.0 Å². The van der Waals surface area contributed by atoms with E-state index in [1.165, 1.54) is 0 Å². The summed E-state index contributed by atoms with van der Waals surface area (Å²) in [5.41, 5.74) is 2.98. The fraction of sp³-hybridized carbons (Fsp3) is 0.273. The first kappa shape index (κ1) is 8.76. The normalized spacial score (nSPS) is 10.3. The van der Waals surface area contributed by atoms with Gasteiger partial charge in [0.05, 0.1) is 12.5 Å². The molecule has 2 aromatic rings. The maximum absolute atomic E-state index is 8.61. The second kappa shape index (κ2) is 3.51. The summed E-state index contributed by atoms with van der Waals surface area (Å²) in [5.74, 6) is 0. The van der Waals surface area contributed by atoms with Crippen molar-refractivity contribution in [3.05, 3.63) is 29.6 Å². The van der Waals surface area contributed by atoms with Gasteiger partial charge in [-0.05, 0) is 24.1 Å². The van der Waals surface area contributed by atoms with Crippen molar-refractivity contribution < 1.29 is 0 Å². The summed E-state index contributed by atoms with van der Waals surface area (Å²) in [7, 11) is 0. The zero-order valence-corrected chi connectivity index (χ0v) is 8.04. The van der Waals surface area contributed by atoms with E-state index < -0.39 is 0 Å². The Bertz CT molecular complexity index is 491. The Balaban J connectivity index is 2.55. The molecule has 0 radical (unpaired) electrons. The minimum Gasteiger partial charge on any atom is -0.346 e. The van der Waals surface area contributed by atoms with Crippen LogP contribution in [0.4, 0.5) is 0 Å². The molecule has 0 unspecified atom stereocenters. The number of hydrogen-bond acceptors (Lipinski definition) is 2. The molecule has 3 heteroatoms. The van der Waals surface area contributed by atoms with Crippen molar-refractivity contribution in [2.45, 2.75) is 19.8 Å². The maximum atomic E-state index is 8.61. The zero-order valence-electron chi connectivity index (χ0n) is 8.04. The molecule has 2 rings (SSSR count). The number of aromatic nitrogens is 2. The van der Waals surface area contributed by atoms with Crippen LogP contribution in [0.5, 0.6) is 0 Å². The van der Waals surface area contributed by atoms with Crippen molar-refractivity contribution >= 4 is 11.0 Å². The first-order valence-electron chi connectivity index (χ1n) is 4.68. The van der Waals surface area contributed by atoms with E-state index in [0.29, 0.717) is 6.42 Å². The molecule has 0 aromatic carbocycles. The summed E-state index contributed by atoms with van der Waals surface area (Å²) in [6, 6.07) is 6.19. The largest absolute Gasteiger partial charge is 0.346 e. The first-order chi connectivity index (χ1) is 6.85. The average Bonchev–Trinajstić information content (AvgIpc) is 2.61. The number of aryl methyl sites for hydroxylation is 1. The van der Waals surface area contributed by atoms with Gasteiger partial charge in [0, 0.05) is 17.3 Å². The van der Waals surface area contributed by atoms with Crippen molar-refractivity contribution in [3.8, 4) is 6.07 Å². The fourth-order valence-electron chi connectivity index (χ4n) is 1.53. The van der Waals surface area contributed by atoms with Gasteiger partial charge in [-0.1, -0.05) is 6.92 Å². The number of aromatic amines is 1. The van der Waals surface area contributed by atoms with Crippen LogP contribution in [0, 0.1) is 11.3 Å². The lowest BCUT2D eigenvalue weighted by atomic mass is 10.1. The van der Waals surface area contributed by atoms with E-state index >= 15 is 0 Å². The molecular formula is C11H11N3. The summed E-state index contributed by atoms with van der Waals surface area (Å²) in [5, 5.41) is 9.67. The molecule has 0 atom stereocenters. The van der Waals surface area contributed by atoms with E-state index in [-0.39, 0.29) is 0 Å². The third kappa shape index (κ3) is 1.35. The number of rotatable bonds is 2. The van der Waals surface area contributed by atoms with Crippen molar-refractivity contribution in [3.63, 3.8) is 0 Å². The Hall–Kier alpha value is -1.82. The molecule has 0 fully saturated rings. The highest BCUT2D eigenvalue weighted by Crippen LogP contribution is 2.17. The SMILES string of the molecule is CCc1ccc2c(CC#N)c[nH]c2n1. The minimum absolute atomic E-state index is 0.438. The molecule has 0 spiro atoms. The molecule has 0 amide bonds. The van der Waals surface area contributed by atoms with Crippen LogP contribution in [0.15, 0.2) is 18.3 Å². The van der Waals surface area contributed by atoms with Crippen LogP contribution in [0.2, 0.25) is 0 Å². The summed E-state index contributed by atoms with van der Waals surface area (Å²) < 4.78 is 0. The van der Waals surface area contributed by atoms with Crippen molar-refractivity contribution in [2.75, 3.05) is 0 Å². The Kier molecular flexibility index (Phi) is 2.19. The van der Waals surface area contributed by atoms with Crippen LogP contribution >= 0.6 is 0 Å². The van der Waals surface area contributed by atoms with Crippen molar-refractivity contribution in [1.82, 2.24) is 9.97 Å². The number of nitrogens with one attached hydrogen (secondary N) is 1. The van der Waals surface area contributed by atoms with E-state index in [9.17, 15) is 0 Å². The molecule has 2 aromatic heterocycles. The summed E-state index contributed by atoms with van der Waals surface area (Å²) in [6.45, 7) is 2.08. The number of nitrogens with zero attached hydrogens (tertiary/aromatic N) is 2. The Labute approximate surface area is 82.4 Å². The molecule has 0 bridgehead atoms. The van der Waals surface area contributed by atoms with Crippen LogP contribution in [-0.2, 0) is 12.8 Å². The van der Waals surface area contributed by atoms with E-state index in [1.54, 1.807) is 0 Å². The Morgan fingerprint density at radius 2 is 2.36 bits per heavy atom. The molecule has 0 aliphatic heterocycles. The molecule has 0 aliphatic carbocycles. The second-order valence-electron chi connectivity index (χ2n) is 3.20. The average molecular weight is 185 g/mol. The Morgan fingerprint density at radius 3 is 3.07 bits per heavy atom. The van der Waals surface area contributed by atoms with Crippen LogP contribution in [0.25, 0.3) is 11.0 Å². The molecule has 0 saturated carbocycles. The molecule has 0 aliphatic rings. The monoisotopic (exact) mass is 185 g/mol. The van der Waals surface area contributed by atoms with Crippen molar-refractivity contribution in [2.24, 2.45) is 0 Å². The van der Waals surface area contributed by atoms with Crippen molar-refractivity contribution in [1.29, 1.82) is 5.26 Å². The van der Waals surface area contributed by atoms with Crippen LogP contribution in [0.1, 0.15) is 18.2 Å². The highest BCUT2D eigenvalue weighted by molar-refractivity contribution is 5.80. The van der Waals surface area contributed by atoms with Gasteiger partial charge in [-0.2, -0.15) is 5.26 Å². The lowest BCUT2D eigenvalue weighted by Crippen LogP contribution is -1.86. The Morgan fingerprint density at radius 1 is 1.50 bits per heavy atom. The molecule has 0 saturated heterocycles. The van der Waals surface area contributed by atoms with Crippen LogP contribution < -0.4 is 0 Å². The highest BCUT2D eigenvalue weighted by Gasteiger charge is 2.04. The number of hydrogen-bond donors (Lipinski definition) is 1. The number of H-pyrrole nitrogens is 1. The number of nitriles is 1. The first-order valence-corrected chi connectivity index (χ1v) is 4.68. The predicted octanol–water partition coefficient (Wildman–Crippen LogP) is 2.19. The lowest BCUT2D eigenvalue weighted by molar-refractivity contribution is 1.05. The van der Waals surface area contributed by atoms with Gasteiger partial charge in [-0.3, -0.25) is 0 Å². The number of pyridine rings is 1. The summed E-state index contributed by atoms with van der Waals surface area (Å²) in [6.07, 6.45) is 3.23.